The molecule has 0 amide bonds. The molecule has 0 N–H and O–H groups in total. The van der Waals surface area contributed by atoms with E-state index in [0.717, 1.165) is 5.75 Å². The first-order valence-electron chi connectivity index (χ1n) is 4.67. The molecule has 0 aliphatic carbocycles. The van der Waals surface area contributed by atoms with E-state index in [1.54, 1.807) is 24.3 Å². The predicted octanol–water partition coefficient (Wildman–Crippen LogP) is 2.84. The van der Waals surface area contributed by atoms with Crippen molar-refractivity contribution >= 4 is 5.78 Å². The highest BCUT2D eigenvalue weighted by molar-refractivity contribution is 6.04. The summed E-state index contributed by atoms with van der Waals surface area (Å²) in [6.45, 7) is 4.35. The number of benzene rings is 1. The Hall–Kier alpha value is -1.57. The number of ketones is 1. The van der Waals surface area contributed by atoms with Crippen LogP contribution in [0.15, 0.2) is 36.4 Å². The summed E-state index contributed by atoms with van der Waals surface area (Å²) in [5.41, 5.74) is 0.661. The number of allylic oxidation sites excluding steroid dienone is 2. The highest BCUT2D eigenvalue weighted by Gasteiger charge is 2.02. The van der Waals surface area contributed by atoms with Gasteiger partial charge in [-0.05, 0) is 32.1 Å². The van der Waals surface area contributed by atoms with Crippen molar-refractivity contribution < 1.29 is 9.53 Å². The average Bonchev–Trinajstić information content (AvgIpc) is 2.19. The molecule has 0 aromatic heterocycles. The lowest BCUT2D eigenvalue weighted by molar-refractivity contribution is 0.104. The second-order valence-electron chi connectivity index (χ2n) is 2.83. The third-order valence-electron chi connectivity index (χ3n) is 1.75. The largest absolute Gasteiger partial charge is 0.494 e. The van der Waals surface area contributed by atoms with Crippen LogP contribution in [0.2, 0.25) is 0 Å². The summed E-state index contributed by atoms with van der Waals surface area (Å²) in [6, 6.07) is 7.20. The van der Waals surface area contributed by atoms with Crippen LogP contribution in [0, 0.1) is 0 Å². The summed E-state index contributed by atoms with van der Waals surface area (Å²) < 4.78 is 5.30. The van der Waals surface area contributed by atoms with Crippen LogP contribution in [0.1, 0.15) is 24.2 Å². The van der Waals surface area contributed by atoms with Crippen LogP contribution in [0.5, 0.6) is 5.75 Å². The fourth-order valence-corrected chi connectivity index (χ4v) is 1.15. The van der Waals surface area contributed by atoms with Crippen molar-refractivity contribution in [2.75, 3.05) is 6.61 Å². The molecule has 0 saturated carbocycles. The smallest absolute Gasteiger partial charge is 0.185 e. The van der Waals surface area contributed by atoms with E-state index in [9.17, 15) is 4.79 Å². The van der Waals surface area contributed by atoms with Gasteiger partial charge in [-0.3, -0.25) is 4.79 Å². The molecule has 74 valence electrons. The minimum absolute atomic E-state index is 0.00838. The quantitative estimate of drug-likeness (QED) is 0.539. The maximum Gasteiger partial charge on any atom is 0.185 e. The van der Waals surface area contributed by atoms with E-state index in [0.29, 0.717) is 12.2 Å². The molecular formula is C12H14O2. The van der Waals surface area contributed by atoms with E-state index < -0.39 is 0 Å². The molecule has 0 bridgehead atoms. The molecule has 0 aliphatic heterocycles. The van der Waals surface area contributed by atoms with Gasteiger partial charge in [-0.15, -0.1) is 0 Å². The van der Waals surface area contributed by atoms with Crippen LogP contribution in [-0.4, -0.2) is 12.4 Å². The lowest BCUT2D eigenvalue weighted by atomic mass is 10.1. The monoisotopic (exact) mass is 190 g/mol. The van der Waals surface area contributed by atoms with Gasteiger partial charge in [0, 0.05) is 5.56 Å². The maximum absolute atomic E-state index is 11.5. The summed E-state index contributed by atoms with van der Waals surface area (Å²) in [7, 11) is 0. The molecule has 2 nitrogen and oxygen atoms in total. The summed E-state index contributed by atoms with van der Waals surface area (Å²) in [4.78, 5) is 11.5. The Kier molecular flexibility index (Phi) is 3.92. The van der Waals surface area contributed by atoms with Gasteiger partial charge < -0.3 is 4.74 Å². The van der Waals surface area contributed by atoms with Crippen molar-refractivity contribution in [3.05, 3.63) is 42.0 Å². The number of carbonyl (C=O) groups excluding carboxylic acids is 1. The number of ether oxygens (including phenoxy) is 1. The van der Waals surface area contributed by atoms with Crippen LogP contribution >= 0.6 is 0 Å². The fraction of sp³-hybridized carbons (Fsp3) is 0.250. The van der Waals surface area contributed by atoms with Crippen molar-refractivity contribution in [2.24, 2.45) is 0 Å². The third kappa shape index (κ3) is 2.73. The van der Waals surface area contributed by atoms with Gasteiger partial charge in [0.25, 0.3) is 0 Å². The number of rotatable bonds is 4. The number of hydrogen-bond acceptors (Lipinski definition) is 2. The van der Waals surface area contributed by atoms with E-state index in [-0.39, 0.29) is 5.78 Å². The normalized spacial score (nSPS) is 10.4. The molecular weight excluding hydrogens is 176 g/mol. The SMILES string of the molecule is CC=CC(=O)c1cccc(OCC)c1. The Morgan fingerprint density at radius 2 is 2.29 bits per heavy atom. The minimum atomic E-state index is 0.00838. The van der Waals surface area contributed by atoms with Gasteiger partial charge in [0.1, 0.15) is 5.75 Å². The van der Waals surface area contributed by atoms with Crippen LogP contribution in [-0.2, 0) is 0 Å². The first-order chi connectivity index (χ1) is 6.77. The number of carbonyl (C=O) groups is 1. The highest BCUT2D eigenvalue weighted by Crippen LogP contribution is 2.13. The van der Waals surface area contributed by atoms with Gasteiger partial charge in [-0.1, -0.05) is 18.2 Å². The van der Waals surface area contributed by atoms with Crippen LogP contribution in [0.4, 0.5) is 0 Å². The van der Waals surface area contributed by atoms with Crippen molar-refractivity contribution in [1.82, 2.24) is 0 Å². The van der Waals surface area contributed by atoms with E-state index in [2.05, 4.69) is 0 Å². The van der Waals surface area contributed by atoms with Crippen LogP contribution in [0.25, 0.3) is 0 Å². The van der Waals surface area contributed by atoms with Crippen molar-refractivity contribution in [3.8, 4) is 5.75 Å². The van der Waals surface area contributed by atoms with Crippen LogP contribution in [0.3, 0.4) is 0 Å². The molecule has 0 heterocycles. The fourth-order valence-electron chi connectivity index (χ4n) is 1.15. The third-order valence-corrected chi connectivity index (χ3v) is 1.75. The van der Waals surface area contributed by atoms with E-state index in [1.807, 2.05) is 26.0 Å². The Morgan fingerprint density at radius 3 is 2.93 bits per heavy atom. The molecule has 0 atom stereocenters. The molecule has 1 aromatic rings. The summed E-state index contributed by atoms with van der Waals surface area (Å²) in [5, 5.41) is 0. The van der Waals surface area contributed by atoms with Crippen LogP contribution < -0.4 is 4.74 Å². The molecule has 0 unspecified atom stereocenters. The van der Waals surface area contributed by atoms with E-state index in [1.165, 1.54) is 0 Å². The van der Waals surface area contributed by atoms with E-state index in [4.69, 9.17) is 4.74 Å². The second-order valence-corrected chi connectivity index (χ2v) is 2.83. The summed E-state index contributed by atoms with van der Waals surface area (Å²) in [5.74, 6) is 0.747. The minimum Gasteiger partial charge on any atom is -0.494 e. The molecule has 0 spiro atoms. The Bertz CT molecular complexity index is 340. The Labute approximate surface area is 84.2 Å². The van der Waals surface area contributed by atoms with Gasteiger partial charge in [0.2, 0.25) is 0 Å². The Morgan fingerprint density at radius 1 is 1.50 bits per heavy atom. The molecule has 0 saturated heterocycles. The first-order valence-corrected chi connectivity index (χ1v) is 4.67. The highest BCUT2D eigenvalue weighted by atomic mass is 16.5. The Balaban J connectivity index is 2.87. The van der Waals surface area contributed by atoms with Gasteiger partial charge >= 0.3 is 0 Å². The molecule has 0 aliphatic rings. The molecule has 14 heavy (non-hydrogen) atoms. The zero-order valence-electron chi connectivity index (χ0n) is 8.49. The summed E-state index contributed by atoms with van der Waals surface area (Å²) >= 11 is 0. The average molecular weight is 190 g/mol. The van der Waals surface area contributed by atoms with E-state index >= 15 is 0 Å². The van der Waals surface area contributed by atoms with Crippen molar-refractivity contribution in [2.45, 2.75) is 13.8 Å². The zero-order chi connectivity index (χ0) is 10.4. The predicted molar refractivity (Wildman–Crippen MR) is 56.8 cm³/mol. The first kappa shape index (κ1) is 10.5. The maximum atomic E-state index is 11.5. The molecule has 1 rings (SSSR count). The topological polar surface area (TPSA) is 26.3 Å². The van der Waals surface area contributed by atoms with Crippen molar-refractivity contribution in [1.29, 1.82) is 0 Å². The lowest BCUT2D eigenvalue weighted by Crippen LogP contribution is -1.96. The van der Waals surface area contributed by atoms with Gasteiger partial charge in [-0.2, -0.15) is 0 Å². The summed E-state index contributed by atoms with van der Waals surface area (Å²) in [6.07, 6.45) is 3.28. The van der Waals surface area contributed by atoms with Crippen molar-refractivity contribution in [3.63, 3.8) is 0 Å². The molecule has 0 radical (unpaired) electrons. The molecule has 2 heteroatoms. The lowest BCUT2D eigenvalue weighted by Gasteiger charge is -2.03. The molecule has 1 aromatic carbocycles. The number of hydrogen-bond donors (Lipinski definition) is 0. The van der Waals surface area contributed by atoms with Gasteiger partial charge in [0.15, 0.2) is 5.78 Å². The second kappa shape index (κ2) is 5.22. The van der Waals surface area contributed by atoms with Gasteiger partial charge in [-0.25, -0.2) is 0 Å². The van der Waals surface area contributed by atoms with Gasteiger partial charge in [0.05, 0.1) is 6.61 Å². The standard InChI is InChI=1S/C12H14O2/c1-3-6-12(13)10-7-5-8-11(9-10)14-4-2/h3,5-9H,4H2,1-2H3. The molecule has 0 fully saturated rings. The zero-order valence-corrected chi connectivity index (χ0v) is 8.49.